The van der Waals surface area contributed by atoms with Gasteiger partial charge in [-0.3, -0.25) is 0 Å². The molecule has 0 saturated heterocycles. The van der Waals surface area contributed by atoms with Crippen molar-refractivity contribution in [1.82, 2.24) is 4.98 Å². The van der Waals surface area contributed by atoms with E-state index in [0.29, 0.717) is 10.4 Å². The number of aliphatic carboxylic acids is 1. The van der Waals surface area contributed by atoms with Gasteiger partial charge in [0.1, 0.15) is 0 Å². The van der Waals surface area contributed by atoms with E-state index < -0.39 is 11.4 Å². The summed E-state index contributed by atoms with van der Waals surface area (Å²) in [5.74, 6) is -0.731. The molecule has 0 saturated carbocycles. The Morgan fingerprint density at radius 3 is 2.84 bits per heavy atom. The number of hydrogen-bond donors (Lipinski definition) is 1. The molecule has 1 aromatic heterocycles. The molecule has 0 aliphatic carbocycles. The van der Waals surface area contributed by atoms with Gasteiger partial charge in [0.2, 0.25) is 11.3 Å². The molecule has 0 fully saturated rings. The van der Waals surface area contributed by atoms with Crippen LogP contribution >= 0.6 is 27.7 Å². The lowest BCUT2D eigenvalue weighted by Gasteiger charge is -2.13. The number of halogens is 1. The summed E-state index contributed by atoms with van der Waals surface area (Å²) in [4.78, 5) is 15.3. The van der Waals surface area contributed by atoms with E-state index in [-0.39, 0.29) is 0 Å². The quantitative estimate of drug-likeness (QED) is 0.863. The number of carboxylic acids is 1. The summed E-state index contributed by atoms with van der Waals surface area (Å²) in [6.07, 6.45) is 1.68. The van der Waals surface area contributed by atoms with E-state index in [0.717, 1.165) is 28.2 Å². The van der Waals surface area contributed by atoms with Crippen molar-refractivity contribution in [2.24, 2.45) is 0 Å². The second-order valence-electron chi connectivity index (χ2n) is 4.00. The zero-order valence-electron chi connectivity index (χ0n) is 10.4. The maximum atomic E-state index is 11.0. The van der Waals surface area contributed by atoms with Gasteiger partial charge in [-0.05, 0) is 46.8 Å². The summed E-state index contributed by atoms with van der Waals surface area (Å²) < 4.78 is 6.05. The molecule has 1 atom stereocenters. The molecule has 1 aromatic carbocycles. The van der Waals surface area contributed by atoms with E-state index in [1.54, 1.807) is 6.26 Å². The van der Waals surface area contributed by atoms with Crippen molar-refractivity contribution in [3.63, 3.8) is 0 Å². The van der Waals surface area contributed by atoms with Gasteiger partial charge in [-0.15, -0.1) is 11.8 Å². The van der Waals surface area contributed by atoms with Crippen molar-refractivity contribution in [2.45, 2.75) is 12.4 Å². The van der Waals surface area contributed by atoms with Gasteiger partial charge in [0.25, 0.3) is 0 Å². The first kappa shape index (κ1) is 14.1. The van der Waals surface area contributed by atoms with Crippen molar-refractivity contribution < 1.29 is 14.6 Å². The van der Waals surface area contributed by atoms with Crippen LogP contribution in [0.1, 0.15) is 5.56 Å². The molecule has 1 unspecified atom stereocenters. The van der Waals surface area contributed by atoms with Crippen LogP contribution in [0.5, 0.6) is 5.88 Å². The van der Waals surface area contributed by atoms with Crippen LogP contribution in [0.2, 0.25) is 0 Å². The van der Waals surface area contributed by atoms with Gasteiger partial charge < -0.3 is 9.84 Å². The smallest absolute Gasteiger partial charge is 0.355 e. The first-order valence-corrected chi connectivity index (χ1v) is 7.58. The highest BCUT2D eigenvalue weighted by atomic mass is 79.9. The first-order valence-electron chi connectivity index (χ1n) is 5.50. The number of aromatic nitrogens is 1. The summed E-state index contributed by atoms with van der Waals surface area (Å²) in [5, 5.41) is 9.97. The van der Waals surface area contributed by atoms with Gasteiger partial charge in [-0.2, -0.15) is 0 Å². The SMILES string of the molecule is CSC(Oc1nc2cc(C)ccc2cc1Br)C(=O)O. The van der Waals surface area contributed by atoms with Gasteiger partial charge in [-0.25, -0.2) is 9.78 Å². The number of thioether (sulfide) groups is 1. The summed E-state index contributed by atoms with van der Waals surface area (Å²) in [7, 11) is 0. The van der Waals surface area contributed by atoms with Gasteiger partial charge in [0, 0.05) is 5.39 Å². The Labute approximate surface area is 123 Å². The monoisotopic (exact) mass is 341 g/mol. The average molecular weight is 342 g/mol. The van der Waals surface area contributed by atoms with Crippen molar-refractivity contribution in [3.05, 3.63) is 34.3 Å². The molecule has 0 aliphatic rings. The maximum absolute atomic E-state index is 11.0. The molecule has 0 aliphatic heterocycles. The predicted octanol–water partition coefficient (Wildman–Crippen LogP) is 3.46. The van der Waals surface area contributed by atoms with Crippen molar-refractivity contribution in [3.8, 4) is 5.88 Å². The highest BCUT2D eigenvalue weighted by Gasteiger charge is 2.20. The number of hydrogen-bond acceptors (Lipinski definition) is 4. The third kappa shape index (κ3) is 3.19. The molecule has 4 nitrogen and oxygen atoms in total. The largest absolute Gasteiger partial charge is 0.478 e. The lowest BCUT2D eigenvalue weighted by molar-refractivity contribution is -0.141. The van der Waals surface area contributed by atoms with Crippen LogP contribution in [0.25, 0.3) is 10.9 Å². The summed E-state index contributed by atoms with van der Waals surface area (Å²) >= 11 is 4.46. The summed E-state index contributed by atoms with van der Waals surface area (Å²) in [6, 6.07) is 7.77. The molecule has 0 bridgehead atoms. The Morgan fingerprint density at radius 1 is 1.47 bits per heavy atom. The molecule has 6 heteroatoms. The van der Waals surface area contributed by atoms with Gasteiger partial charge in [-0.1, -0.05) is 12.1 Å². The average Bonchev–Trinajstić information content (AvgIpc) is 2.36. The molecular weight excluding hydrogens is 330 g/mol. The van der Waals surface area contributed by atoms with Gasteiger partial charge >= 0.3 is 5.97 Å². The number of carboxylic acid groups (broad SMARTS) is 1. The Bertz CT molecular complexity index is 633. The molecule has 19 heavy (non-hydrogen) atoms. The minimum atomic E-state index is -1.02. The standard InChI is InChI=1S/C13H12BrNO3S/c1-7-3-4-8-6-9(14)11(15-10(8)5-7)18-13(19-2)12(16)17/h3-6,13H,1-2H3,(H,16,17). The number of fused-ring (bicyclic) bond motifs is 1. The van der Waals surface area contributed by atoms with E-state index in [1.165, 1.54) is 0 Å². The molecule has 0 radical (unpaired) electrons. The molecule has 0 spiro atoms. The fourth-order valence-corrected chi connectivity index (χ4v) is 2.43. The number of pyridine rings is 1. The number of benzene rings is 1. The Balaban J connectivity index is 2.42. The Kier molecular flexibility index (Phi) is 4.31. The highest BCUT2D eigenvalue weighted by Crippen LogP contribution is 2.29. The van der Waals surface area contributed by atoms with Gasteiger partial charge in [0.15, 0.2) is 0 Å². The van der Waals surface area contributed by atoms with E-state index in [1.807, 2.05) is 31.2 Å². The molecule has 0 amide bonds. The molecule has 100 valence electrons. The molecule has 1 N–H and O–H groups in total. The fourth-order valence-electron chi connectivity index (χ4n) is 1.62. The molecule has 2 rings (SSSR count). The normalized spacial score (nSPS) is 12.4. The number of carbonyl (C=O) groups is 1. The highest BCUT2D eigenvalue weighted by molar-refractivity contribution is 9.10. The Hall–Kier alpha value is -1.27. The van der Waals surface area contributed by atoms with Crippen LogP contribution in [0.15, 0.2) is 28.7 Å². The topological polar surface area (TPSA) is 59.4 Å². The summed E-state index contributed by atoms with van der Waals surface area (Å²) in [6.45, 7) is 1.98. The summed E-state index contributed by atoms with van der Waals surface area (Å²) in [5.41, 5.74) is 0.905. The Morgan fingerprint density at radius 2 is 2.21 bits per heavy atom. The van der Waals surface area contributed by atoms with Crippen LogP contribution in [-0.4, -0.2) is 27.8 Å². The van der Waals surface area contributed by atoms with Crippen molar-refractivity contribution in [1.29, 1.82) is 0 Å². The van der Waals surface area contributed by atoms with Crippen LogP contribution in [0, 0.1) is 6.92 Å². The lowest BCUT2D eigenvalue weighted by atomic mass is 10.1. The van der Waals surface area contributed by atoms with Crippen LogP contribution < -0.4 is 4.74 Å². The molecule has 2 aromatic rings. The number of nitrogens with zero attached hydrogens (tertiary/aromatic N) is 1. The van der Waals surface area contributed by atoms with Gasteiger partial charge in [0.05, 0.1) is 9.99 Å². The van der Waals surface area contributed by atoms with Crippen molar-refractivity contribution in [2.75, 3.05) is 6.26 Å². The predicted molar refractivity (Wildman–Crippen MR) is 79.7 cm³/mol. The van der Waals surface area contributed by atoms with E-state index in [4.69, 9.17) is 9.84 Å². The van der Waals surface area contributed by atoms with E-state index in [2.05, 4.69) is 20.9 Å². The van der Waals surface area contributed by atoms with Crippen LogP contribution in [0.3, 0.4) is 0 Å². The van der Waals surface area contributed by atoms with E-state index in [9.17, 15) is 4.79 Å². The van der Waals surface area contributed by atoms with Crippen molar-refractivity contribution >= 4 is 44.6 Å². The number of aryl methyl sites for hydroxylation is 1. The maximum Gasteiger partial charge on any atom is 0.355 e. The lowest BCUT2D eigenvalue weighted by Crippen LogP contribution is -2.23. The third-order valence-electron chi connectivity index (χ3n) is 2.53. The second-order valence-corrected chi connectivity index (χ2v) is 5.75. The molecular formula is C13H12BrNO3S. The minimum absolute atomic E-state index is 0.292. The second kappa shape index (κ2) is 5.79. The fraction of sp³-hybridized carbons (Fsp3) is 0.231. The van der Waals surface area contributed by atoms with Crippen LogP contribution in [0.4, 0.5) is 0 Å². The van der Waals surface area contributed by atoms with E-state index >= 15 is 0 Å². The molecule has 1 heterocycles. The first-order chi connectivity index (χ1) is 9.01. The number of rotatable bonds is 4. The number of ether oxygens (including phenoxy) is 1. The zero-order valence-corrected chi connectivity index (χ0v) is 12.8. The van der Waals surface area contributed by atoms with Crippen LogP contribution in [-0.2, 0) is 4.79 Å². The minimum Gasteiger partial charge on any atom is -0.478 e. The zero-order chi connectivity index (χ0) is 14.0. The third-order valence-corrected chi connectivity index (χ3v) is 3.82.